The van der Waals surface area contributed by atoms with Gasteiger partial charge in [0.25, 0.3) is 0 Å². The summed E-state index contributed by atoms with van der Waals surface area (Å²) in [6.07, 6.45) is 0. The molecule has 1 aromatic rings. The van der Waals surface area contributed by atoms with Crippen LogP contribution in [0, 0.1) is 6.07 Å². The molecule has 1 N–H and O–H groups in total. The smallest absolute Gasteiger partial charge is 0.119 e. The minimum absolute atomic E-state index is 0.519. The van der Waals surface area contributed by atoms with Gasteiger partial charge in [0.1, 0.15) is 12.4 Å². The van der Waals surface area contributed by atoms with E-state index in [4.69, 9.17) is 4.74 Å². The van der Waals surface area contributed by atoms with Crippen LogP contribution in [0.1, 0.15) is 13.8 Å². The summed E-state index contributed by atoms with van der Waals surface area (Å²) in [6.45, 7) is 5.83. The Labute approximate surface area is 79.9 Å². The minimum atomic E-state index is 0.519. The second-order valence-corrected chi connectivity index (χ2v) is 3.20. The molecule has 71 valence electrons. The first kappa shape index (κ1) is 10.1. The third kappa shape index (κ3) is 4.53. The SMILES string of the molecule is CC(C)NCCOc1c[c]ccc1. The monoisotopic (exact) mass is 178 g/mol. The predicted molar refractivity (Wildman–Crippen MR) is 53.9 cm³/mol. The highest BCUT2D eigenvalue weighted by molar-refractivity contribution is 5.19. The van der Waals surface area contributed by atoms with Gasteiger partial charge in [0, 0.05) is 12.6 Å². The second-order valence-electron chi connectivity index (χ2n) is 3.20. The normalized spacial score (nSPS) is 10.4. The standard InChI is InChI=1S/C11H16NO/c1-10(2)12-8-9-13-11-6-4-3-5-7-11/h3-4,6-7,10,12H,8-9H2,1-2H3. The van der Waals surface area contributed by atoms with Gasteiger partial charge in [-0.15, -0.1) is 0 Å². The van der Waals surface area contributed by atoms with Crippen molar-refractivity contribution in [3.05, 3.63) is 30.3 Å². The molecule has 2 nitrogen and oxygen atoms in total. The molecule has 2 heteroatoms. The fraction of sp³-hybridized carbons (Fsp3) is 0.455. The summed E-state index contributed by atoms with van der Waals surface area (Å²) in [7, 11) is 0. The van der Waals surface area contributed by atoms with Gasteiger partial charge in [0.2, 0.25) is 0 Å². The Hall–Kier alpha value is -1.02. The molecule has 0 fully saturated rings. The van der Waals surface area contributed by atoms with Crippen LogP contribution in [0.3, 0.4) is 0 Å². The third-order valence-electron chi connectivity index (χ3n) is 1.60. The van der Waals surface area contributed by atoms with Crippen LogP contribution in [-0.2, 0) is 0 Å². The van der Waals surface area contributed by atoms with Crippen molar-refractivity contribution >= 4 is 0 Å². The third-order valence-corrected chi connectivity index (χ3v) is 1.60. The molecule has 0 saturated carbocycles. The number of nitrogens with one attached hydrogen (secondary N) is 1. The Bertz CT molecular complexity index is 221. The lowest BCUT2D eigenvalue weighted by Crippen LogP contribution is -2.27. The molecule has 0 amide bonds. The molecule has 0 spiro atoms. The molecule has 0 heterocycles. The summed E-state index contributed by atoms with van der Waals surface area (Å²) >= 11 is 0. The lowest BCUT2D eigenvalue weighted by atomic mass is 10.3. The van der Waals surface area contributed by atoms with Crippen molar-refractivity contribution in [1.82, 2.24) is 5.32 Å². The van der Waals surface area contributed by atoms with E-state index in [0.717, 1.165) is 12.3 Å². The van der Waals surface area contributed by atoms with E-state index in [0.29, 0.717) is 12.6 Å². The van der Waals surface area contributed by atoms with E-state index in [1.807, 2.05) is 24.3 Å². The zero-order valence-electron chi connectivity index (χ0n) is 8.21. The summed E-state index contributed by atoms with van der Waals surface area (Å²) < 4.78 is 5.46. The molecule has 13 heavy (non-hydrogen) atoms. The Morgan fingerprint density at radius 3 is 3.00 bits per heavy atom. The summed E-state index contributed by atoms with van der Waals surface area (Å²) in [6, 6.07) is 11.0. The van der Waals surface area contributed by atoms with Crippen molar-refractivity contribution < 1.29 is 4.74 Å². The molecule has 0 unspecified atom stereocenters. The quantitative estimate of drug-likeness (QED) is 0.695. The molecular weight excluding hydrogens is 162 g/mol. The van der Waals surface area contributed by atoms with Crippen molar-refractivity contribution in [2.24, 2.45) is 0 Å². The van der Waals surface area contributed by atoms with E-state index >= 15 is 0 Å². The van der Waals surface area contributed by atoms with Gasteiger partial charge in [-0.1, -0.05) is 26.0 Å². The van der Waals surface area contributed by atoms with E-state index in [9.17, 15) is 0 Å². The van der Waals surface area contributed by atoms with Gasteiger partial charge in [-0.25, -0.2) is 0 Å². The van der Waals surface area contributed by atoms with Crippen LogP contribution in [0.15, 0.2) is 24.3 Å². The van der Waals surface area contributed by atoms with Gasteiger partial charge in [-0.3, -0.25) is 0 Å². The first-order chi connectivity index (χ1) is 6.29. The molecule has 0 bridgehead atoms. The first-order valence-electron chi connectivity index (χ1n) is 4.61. The molecule has 1 aromatic carbocycles. The van der Waals surface area contributed by atoms with Crippen LogP contribution < -0.4 is 10.1 Å². The highest BCUT2D eigenvalue weighted by Gasteiger charge is 1.93. The van der Waals surface area contributed by atoms with Crippen LogP contribution in [0.4, 0.5) is 0 Å². The van der Waals surface area contributed by atoms with E-state index < -0.39 is 0 Å². The van der Waals surface area contributed by atoms with Crippen molar-refractivity contribution in [3.63, 3.8) is 0 Å². The lowest BCUT2D eigenvalue weighted by molar-refractivity contribution is 0.309. The van der Waals surface area contributed by atoms with E-state index in [-0.39, 0.29) is 0 Å². The van der Waals surface area contributed by atoms with Crippen molar-refractivity contribution in [3.8, 4) is 5.75 Å². The second kappa shape index (κ2) is 5.60. The van der Waals surface area contributed by atoms with Crippen LogP contribution in [-0.4, -0.2) is 19.2 Å². The van der Waals surface area contributed by atoms with E-state index in [1.54, 1.807) is 0 Å². The van der Waals surface area contributed by atoms with Gasteiger partial charge in [-0.05, 0) is 18.2 Å². The fourth-order valence-corrected chi connectivity index (χ4v) is 0.983. The summed E-state index contributed by atoms with van der Waals surface area (Å²) in [5.74, 6) is 0.882. The Morgan fingerprint density at radius 2 is 2.38 bits per heavy atom. The number of benzene rings is 1. The topological polar surface area (TPSA) is 21.3 Å². The van der Waals surface area contributed by atoms with Gasteiger partial charge in [0.05, 0.1) is 0 Å². The predicted octanol–water partition coefficient (Wildman–Crippen LogP) is 1.86. The molecule has 0 aliphatic carbocycles. The molecule has 0 aliphatic rings. The molecule has 1 rings (SSSR count). The van der Waals surface area contributed by atoms with Gasteiger partial charge >= 0.3 is 0 Å². The maximum absolute atomic E-state index is 5.46. The summed E-state index contributed by atoms with van der Waals surface area (Å²) in [5, 5.41) is 3.28. The maximum atomic E-state index is 5.46. The Morgan fingerprint density at radius 1 is 1.54 bits per heavy atom. The van der Waals surface area contributed by atoms with E-state index in [1.165, 1.54) is 0 Å². The van der Waals surface area contributed by atoms with Crippen molar-refractivity contribution in [2.45, 2.75) is 19.9 Å². The first-order valence-corrected chi connectivity index (χ1v) is 4.61. The average molecular weight is 178 g/mol. The van der Waals surface area contributed by atoms with Gasteiger partial charge < -0.3 is 10.1 Å². The molecular formula is C11H16NO. The molecule has 0 atom stereocenters. The Balaban J connectivity index is 2.13. The number of hydrogen-bond donors (Lipinski definition) is 1. The Kier molecular flexibility index (Phi) is 4.33. The highest BCUT2D eigenvalue weighted by atomic mass is 16.5. The van der Waals surface area contributed by atoms with Crippen molar-refractivity contribution in [2.75, 3.05) is 13.2 Å². The lowest BCUT2D eigenvalue weighted by Gasteiger charge is -2.09. The highest BCUT2D eigenvalue weighted by Crippen LogP contribution is 2.06. The largest absolute Gasteiger partial charge is 0.492 e. The zero-order valence-corrected chi connectivity index (χ0v) is 8.21. The summed E-state index contributed by atoms with van der Waals surface area (Å²) in [4.78, 5) is 0. The molecule has 0 aliphatic heterocycles. The van der Waals surface area contributed by atoms with E-state index in [2.05, 4.69) is 25.2 Å². The van der Waals surface area contributed by atoms with Crippen molar-refractivity contribution in [1.29, 1.82) is 0 Å². The number of hydrogen-bond acceptors (Lipinski definition) is 2. The number of rotatable bonds is 5. The molecule has 0 saturated heterocycles. The van der Waals surface area contributed by atoms with Crippen LogP contribution >= 0.6 is 0 Å². The van der Waals surface area contributed by atoms with Crippen LogP contribution in [0.5, 0.6) is 5.75 Å². The average Bonchev–Trinajstić information content (AvgIpc) is 2.14. The summed E-state index contributed by atoms with van der Waals surface area (Å²) in [5.41, 5.74) is 0. The maximum Gasteiger partial charge on any atom is 0.119 e. The minimum Gasteiger partial charge on any atom is -0.492 e. The number of ether oxygens (including phenoxy) is 1. The molecule has 1 radical (unpaired) electrons. The van der Waals surface area contributed by atoms with Gasteiger partial charge in [-0.2, -0.15) is 0 Å². The fourth-order valence-electron chi connectivity index (χ4n) is 0.983. The zero-order chi connectivity index (χ0) is 9.52. The van der Waals surface area contributed by atoms with Crippen LogP contribution in [0.25, 0.3) is 0 Å². The van der Waals surface area contributed by atoms with Crippen LogP contribution in [0.2, 0.25) is 0 Å². The van der Waals surface area contributed by atoms with Gasteiger partial charge in [0.15, 0.2) is 0 Å². The molecule has 0 aromatic heterocycles.